The Hall–Kier alpha value is -1.58. The minimum atomic E-state index is -0.131. The molecule has 1 heterocycles. The van der Waals surface area contributed by atoms with E-state index in [0.717, 1.165) is 11.1 Å². The summed E-state index contributed by atoms with van der Waals surface area (Å²) in [7, 11) is 0. The van der Waals surface area contributed by atoms with Crippen LogP contribution in [0.4, 0.5) is 0 Å². The van der Waals surface area contributed by atoms with Gasteiger partial charge in [-0.1, -0.05) is 23.7 Å². The van der Waals surface area contributed by atoms with Gasteiger partial charge in [0.15, 0.2) is 0 Å². The van der Waals surface area contributed by atoms with Gasteiger partial charge in [0.1, 0.15) is 5.75 Å². The molecule has 0 aliphatic rings. The van der Waals surface area contributed by atoms with Crippen LogP contribution in [-0.2, 0) is 0 Å². The lowest BCUT2D eigenvalue weighted by Gasteiger charge is -2.13. The molecule has 0 aliphatic heterocycles. The van der Waals surface area contributed by atoms with Crippen molar-refractivity contribution in [3.63, 3.8) is 0 Å². The number of nitrogens with two attached hydrogens (primary N) is 1. The van der Waals surface area contributed by atoms with E-state index in [1.807, 2.05) is 38.1 Å². The summed E-state index contributed by atoms with van der Waals surface area (Å²) in [5.41, 5.74) is 7.76. The van der Waals surface area contributed by atoms with Crippen molar-refractivity contribution in [1.82, 2.24) is 4.98 Å². The second-order valence-corrected chi connectivity index (χ2v) is 4.63. The van der Waals surface area contributed by atoms with E-state index in [9.17, 15) is 0 Å². The molecule has 0 fully saturated rings. The van der Waals surface area contributed by atoms with Crippen molar-refractivity contribution in [3.05, 3.63) is 52.7 Å². The van der Waals surface area contributed by atoms with Gasteiger partial charge in [-0.25, -0.2) is 4.98 Å². The maximum Gasteiger partial charge on any atom is 0.223 e. The van der Waals surface area contributed by atoms with Crippen molar-refractivity contribution in [1.29, 1.82) is 0 Å². The maximum absolute atomic E-state index is 5.96. The first kappa shape index (κ1) is 12.9. The zero-order valence-corrected chi connectivity index (χ0v) is 11.1. The number of hydrogen-bond acceptors (Lipinski definition) is 3. The van der Waals surface area contributed by atoms with Gasteiger partial charge in [-0.15, -0.1) is 0 Å². The Labute approximate surface area is 112 Å². The minimum absolute atomic E-state index is 0.131. The van der Waals surface area contributed by atoms with E-state index >= 15 is 0 Å². The SMILES string of the molecule is Cc1ccc(Cl)cc1Oc1ncccc1C(C)N. The summed E-state index contributed by atoms with van der Waals surface area (Å²) in [6, 6.07) is 9.13. The fraction of sp³-hybridized carbons (Fsp3) is 0.214. The smallest absolute Gasteiger partial charge is 0.223 e. The van der Waals surface area contributed by atoms with Crippen molar-refractivity contribution in [2.45, 2.75) is 19.9 Å². The molecule has 0 spiro atoms. The molecule has 1 unspecified atom stereocenters. The van der Waals surface area contributed by atoms with E-state index in [-0.39, 0.29) is 6.04 Å². The van der Waals surface area contributed by atoms with Crippen LogP contribution in [0.25, 0.3) is 0 Å². The topological polar surface area (TPSA) is 48.1 Å². The van der Waals surface area contributed by atoms with E-state index in [0.29, 0.717) is 16.7 Å². The molecular formula is C14H15ClN2O. The third kappa shape index (κ3) is 2.81. The highest BCUT2D eigenvalue weighted by Crippen LogP contribution is 2.30. The van der Waals surface area contributed by atoms with Gasteiger partial charge in [-0.2, -0.15) is 0 Å². The molecule has 3 nitrogen and oxygen atoms in total. The minimum Gasteiger partial charge on any atom is -0.438 e. The second kappa shape index (κ2) is 5.38. The van der Waals surface area contributed by atoms with E-state index < -0.39 is 0 Å². The van der Waals surface area contributed by atoms with Crippen molar-refractivity contribution in [2.75, 3.05) is 0 Å². The summed E-state index contributed by atoms with van der Waals surface area (Å²) in [5, 5.41) is 0.633. The third-order valence-corrected chi connectivity index (χ3v) is 2.88. The zero-order chi connectivity index (χ0) is 13.1. The van der Waals surface area contributed by atoms with Crippen LogP contribution in [-0.4, -0.2) is 4.98 Å². The number of ether oxygens (including phenoxy) is 1. The first-order chi connectivity index (χ1) is 8.58. The van der Waals surface area contributed by atoms with E-state index in [2.05, 4.69) is 4.98 Å². The molecule has 2 N–H and O–H groups in total. The van der Waals surface area contributed by atoms with Crippen molar-refractivity contribution in [2.24, 2.45) is 5.73 Å². The number of aryl methyl sites for hydroxylation is 1. The van der Waals surface area contributed by atoms with Crippen LogP contribution in [0, 0.1) is 6.92 Å². The van der Waals surface area contributed by atoms with Crippen LogP contribution in [0.3, 0.4) is 0 Å². The zero-order valence-electron chi connectivity index (χ0n) is 10.4. The molecule has 1 atom stereocenters. The van der Waals surface area contributed by atoms with Crippen LogP contribution in [0.1, 0.15) is 24.1 Å². The van der Waals surface area contributed by atoms with Gasteiger partial charge >= 0.3 is 0 Å². The van der Waals surface area contributed by atoms with Crippen molar-refractivity contribution in [3.8, 4) is 11.6 Å². The molecule has 0 amide bonds. The Bertz CT molecular complexity index is 555. The number of pyridine rings is 1. The second-order valence-electron chi connectivity index (χ2n) is 4.20. The average Bonchev–Trinajstić information content (AvgIpc) is 2.34. The lowest BCUT2D eigenvalue weighted by Crippen LogP contribution is -2.07. The number of benzene rings is 1. The molecule has 94 valence electrons. The molecule has 0 saturated carbocycles. The first-order valence-corrected chi connectivity index (χ1v) is 6.10. The molecular weight excluding hydrogens is 248 g/mol. The Balaban J connectivity index is 2.37. The van der Waals surface area contributed by atoms with Crippen molar-refractivity contribution >= 4 is 11.6 Å². The Morgan fingerprint density at radius 1 is 1.33 bits per heavy atom. The Kier molecular flexibility index (Phi) is 3.84. The van der Waals surface area contributed by atoms with Crippen molar-refractivity contribution < 1.29 is 4.74 Å². The molecule has 2 rings (SSSR count). The predicted octanol–water partition coefficient (Wildman–Crippen LogP) is 3.86. The Morgan fingerprint density at radius 2 is 2.11 bits per heavy atom. The van der Waals surface area contributed by atoms with Crippen LogP contribution < -0.4 is 10.5 Å². The fourth-order valence-electron chi connectivity index (χ4n) is 1.62. The monoisotopic (exact) mass is 262 g/mol. The van der Waals surface area contributed by atoms with Crippen LogP contribution in [0.15, 0.2) is 36.5 Å². The van der Waals surface area contributed by atoms with Crippen LogP contribution in [0.5, 0.6) is 11.6 Å². The molecule has 18 heavy (non-hydrogen) atoms. The fourth-order valence-corrected chi connectivity index (χ4v) is 1.79. The average molecular weight is 263 g/mol. The predicted molar refractivity (Wildman–Crippen MR) is 73.1 cm³/mol. The lowest BCUT2D eigenvalue weighted by atomic mass is 10.1. The molecule has 4 heteroatoms. The third-order valence-electron chi connectivity index (χ3n) is 2.65. The highest BCUT2D eigenvalue weighted by atomic mass is 35.5. The van der Waals surface area contributed by atoms with Gasteiger partial charge in [-0.3, -0.25) is 0 Å². The molecule has 0 saturated heterocycles. The van der Waals surface area contributed by atoms with Gasteiger partial charge < -0.3 is 10.5 Å². The molecule has 1 aromatic carbocycles. The number of rotatable bonds is 3. The standard InChI is InChI=1S/C14H15ClN2O/c1-9-5-6-11(15)8-13(9)18-14-12(10(2)16)4-3-7-17-14/h3-8,10H,16H2,1-2H3. The Morgan fingerprint density at radius 3 is 2.83 bits per heavy atom. The van der Waals surface area contributed by atoms with Gasteiger partial charge in [0.25, 0.3) is 0 Å². The maximum atomic E-state index is 5.96. The first-order valence-electron chi connectivity index (χ1n) is 5.72. The number of nitrogens with zero attached hydrogens (tertiary/aromatic N) is 1. The quantitative estimate of drug-likeness (QED) is 0.914. The highest BCUT2D eigenvalue weighted by Gasteiger charge is 2.11. The molecule has 0 aliphatic carbocycles. The van der Waals surface area contributed by atoms with E-state index in [4.69, 9.17) is 22.1 Å². The summed E-state index contributed by atoms with van der Waals surface area (Å²) >= 11 is 5.96. The summed E-state index contributed by atoms with van der Waals surface area (Å²) in [6.45, 7) is 3.86. The number of aromatic nitrogens is 1. The summed E-state index contributed by atoms with van der Waals surface area (Å²) in [5.74, 6) is 1.22. The number of hydrogen-bond donors (Lipinski definition) is 1. The van der Waals surface area contributed by atoms with Crippen LogP contribution >= 0.6 is 11.6 Å². The molecule has 1 aromatic heterocycles. The van der Waals surface area contributed by atoms with Gasteiger partial charge in [0, 0.05) is 22.8 Å². The van der Waals surface area contributed by atoms with Gasteiger partial charge in [-0.05, 0) is 37.6 Å². The number of halogens is 1. The largest absolute Gasteiger partial charge is 0.438 e. The molecule has 0 radical (unpaired) electrons. The van der Waals surface area contributed by atoms with Gasteiger partial charge in [0.05, 0.1) is 0 Å². The highest BCUT2D eigenvalue weighted by molar-refractivity contribution is 6.30. The van der Waals surface area contributed by atoms with Crippen LogP contribution in [0.2, 0.25) is 5.02 Å². The van der Waals surface area contributed by atoms with E-state index in [1.54, 1.807) is 12.3 Å². The molecule has 2 aromatic rings. The van der Waals surface area contributed by atoms with Gasteiger partial charge in [0.2, 0.25) is 5.88 Å². The lowest BCUT2D eigenvalue weighted by molar-refractivity contribution is 0.449. The van der Waals surface area contributed by atoms with E-state index in [1.165, 1.54) is 0 Å². The summed E-state index contributed by atoms with van der Waals surface area (Å²) < 4.78 is 5.81. The molecule has 0 bridgehead atoms. The summed E-state index contributed by atoms with van der Waals surface area (Å²) in [4.78, 5) is 4.22. The summed E-state index contributed by atoms with van der Waals surface area (Å²) in [6.07, 6.45) is 1.68. The normalized spacial score (nSPS) is 12.2.